The summed E-state index contributed by atoms with van der Waals surface area (Å²) in [6.45, 7) is 0.664. The van der Waals surface area contributed by atoms with E-state index in [2.05, 4.69) is 5.32 Å². The van der Waals surface area contributed by atoms with Crippen molar-refractivity contribution in [2.45, 2.75) is 18.0 Å². The van der Waals surface area contributed by atoms with Crippen LogP contribution in [0.3, 0.4) is 0 Å². The number of nitrogens with zero attached hydrogens (tertiary/aromatic N) is 1. The standard InChI is InChI=1S/C30H22ClFN2O2S/c31-25-6-2-1-5-23(25)18-33-29(35)22-13-9-20(10-14-22)17-28-30(36)34(19-21-11-15-24(32)16-12-21)26-7-3-4-8-27(26)37-28/h1-17H,18-19H2,(H,33,35). The zero-order chi connectivity index (χ0) is 25.8. The number of halogens is 2. The zero-order valence-electron chi connectivity index (χ0n) is 19.7. The van der Waals surface area contributed by atoms with Gasteiger partial charge in [0.05, 0.1) is 17.1 Å². The summed E-state index contributed by atoms with van der Waals surface area (Å²) in [6.07, 6.45) is 1.83. The topological polar surface area (TPSA) is 49.4 Å². The molecular weight excluding hydrogens is 507 g/mol. The maximum Gasteiger partial charge on any atom is 0.265 e. The third-order valence-corrected chi connectivity index (χ3v) is 7.40. The smallest absolute Gasteiger partial charge is 0.265 e. The molecule has 0 unspecified atom stereocenters. The summed E-state index contributed by atoms with van der Waals surface area (Å²) in [5.41, 5.74) is 3.82. The van der Waals surface area contributed by atoms with Gasteiger partial charge >= 0.3 is 0 Å². The van der Waals surface area contributed by atoms with Crippen molar-refractivity contribution < 1.29 is 14.0 Å². The summed E-state index contributed by atoms with van der Waals surface area (Å²) >= 11 is 7.58. The molecule has 0 bridgehead atoms. The SMILES string of the molecule is O=C(NCc1ccccc1Cl)c1ccc(C=C2Sc3ccccc3N(Cc3ccc(F)cc3)C2=O)cc1. The van der Waals surface area contributed by atoms with E-state index in [1.165, 1.54) is 23.9 Å². The first-order valence-electron chi connectivity index (χ1n) is 11.6. The fraction of sp³-hybridized carbons (Fsp3) is 0.0667. The lowest BCUT2D eigenvalue weighted by molar-refractivity contribution is -0.114. The van der Waals surface area contributed by atoms with Gasteiger partial charge in [0, 0.05) is 22.0 Å². The van der Waals surface area contributed by atoms with Crippen molar-refractivity contribution in [3.8, 4) is 0 Å². The second kappa shape index (κ2) is 11.0. The number of hydrogen-bond acceptors (Lipinski definition) is 3. The first kappa shape index (κ1) is 24.8. The van der Waals surface area contributed by atoms with Crippen LogP contribution in [0, 0.1) is 5.82 Å². The highest BCUT2D eigenvalue weighted by atomic mass is 35.5. The molecule has 0 radical (unpaired) electrons. The largest absolute Gasteiger partial charge is 0.348 e. The molecule has 0 saturated carbocycles. The van der Waals surface area contributed by atoms with Gasteiger partial charge in [0.25, 0.3) is 11.8 Å². The maximum atomic E-state index is 13.5. The van der Waals surface area contributed by atoms with Crippen molar-refractivity contribution in [1.82, 2.24) is 5.32 Å². The van der Waals surface area contributed by atoms with E-state index < -0.39 is 0 Å². The minimum atomic E-state index is -0.314. The number of benzene rings is 4. The maximum absolute atomic E-state index is 13.5. The molecule has 2 amide bonds. The van der Waals surface area contributed by atoms with E-state index in [1.54, 1.807) is 35.2 Å². The summed E-state index contributed by atoms with van der Waals surface area (Å²) in [5, 5.41) is 3.49. The van der Waals surface area contributed by atoms with E-state index in [-0.39, 0.29) is 17.6 Å². The molecular formula is C30H22ClFN2O2S. The fourth-order valence-corrected chi connectivity index (χ4v) is 5.25. The van der Waals surface area contributed by atoms with E-state index in [0.29, 0.717) is 28.6 Å². The molecule has 37 heavy (non-hydrogen) atoms. The van der Waals surface area contributed by atoms with Gasteiger partial charge in [-0.15, -0.1) is 0 Å². The number of thioether (sulfide) groups is 1. The molecule has 1 aliphatic heterocycles. The highest BCUT2D eigenvalue weighted by molar-refractivity contribution is 8.04. The van der Waals surface area contributed by atoms with Crippen LogP contribution in [0.5, 0.6) is 0 Å². The Hall–Kier alpha value is -3.87. The number of rotatable bonds is 6. The number of carbonyl (C=O) groups is 2. The first-order chi connectivity index (χ1) is 18.0. The van der Waals surface area contributed by atoms with Crippen molar-refractivity contribution >= 4 is 46.9 Å². The molecule has 4 aromatic rings. The second-order valence-corrected chi connectivity index (χ2v) is 9.98. The molecule has 0 fully saturated rings. The van der Waals surface area contributed by atoms with Gasteiger partial charge in [-0.1, -0.05) is 78.0 Å². The average molecular weight is 529 g/mol. The van der Waals surface area contributed by atoms with Gasteiger partial charge in [-0.3, -0.25) is 9.59 Å². The predicted molar refractivity (Wildman–Crippen MR) is 147 cm³/mol. The van der Waals surface area contributed by atoms with Gasteiger partial charge in [0.2, 0.25) is 0 Å². The summed E-state index contributed by atoms with van der Waals surface area (Å²) in [7, 11) is 0. The zero-order valence-corrected chi connectivity index (χ0v) is 21.2. The fourth-order valence-electron chi connectivity index (χ4n) is 3.99. The molecule has 0 aromatic heterocycles. The Bertz CT molecular complexity index is 1490. The van der Waals surface area contributed by atoms with Crippen LogP contribution < -0.4 is 10.2 Å². The third kappa shape index (κ3) is 5.77. The summed E-state index contributed by atoms with van der Waals surface area (Å²) in [6, 6.07) is 28.4. The molecule has 4 aromatic carbocycles. The molecule has 1 N–H and O–H groups in total. The lowest BCUT2D eigenvalue weighted by Crippen LogP contribution is -2.33. The van der Waals surface area contributed by atoms with E-state index in [0.717, 1.165) is 27.3 Å². The number of hydrogen-bond donors (Lipinski definition) is 1. The van der Waals surface area contributed by atoms with Crippen LogP contribution in [-0.2, 0) is 17.9 Å². The predicted octanol–water partition coefficient (Wildman–Crippen LogP) is 7.09. The molecule has 1 heterocycles. The minimum absolute atomic E-state index is 0.130. The number of fused-ring (bicyclic) bond motifs is 1. The van der Waals surface area contributed by atoms with E-state index in [9.17, 15) is 14.0 Å². The van der Waals surface area contributed by atoms with Gasteiger partial charge in [-0.05, 0) is 65.2 Å². The van der Waals surface area contributed by atoms with E-state index in [1.807, 2.05) is 60.7 Å². The molecule has 5 rings (SSSR count). The minimum Gasteiger partial charge on any atom is -0.348 e. The Labute approximate surface area is 223 Å². The van der Waals surface area contributed by atoms with Gasteiger partial charge in [-0.25, -0.2) is 4.39 Å². The molecule has 0 aliphatic carbocycles. The van der Waals surface area contributed by atoms with E-state index >= 15 is 0 Å². The molecule has 0 atom stereocenters. The van der Waals surface area contributed by atoms with Crippen LogP contribution in [0.4, 0.5) is 10.1 Å². The van der Waals surface area contributed by atoms with Crippen molar-refractivity contribution in [1.29, 1.82) is 0 Å². The Morgan fingerprint density at radius 3 is 2.38 bits per heavy atom. The number of para-hydroxylation sites is 1. The molecule has 7 heteroatoms. The second-order valence-electron chi connectivity index (χ2n) is 8.49. The highest BCUT2D eigenvalue weighted by Gasteiger charge is 2.29. The van der Waals surface area contributed by atoms with E-state index in [4.69, 9.17) is 11.6 Å². The summed E-state index contributed by atoms with van der Waals surface area (Å²) in [4.78, 5) is 29.3. The van der Waals surface area contributed by atoms with Crippen LogP contribution in [-0.4, -0.2) is 11.8 Å². The van der Waals surface area contributed by atoms with Gasteiger partial charge in [0.15, 0.2) is 0 Å². The number of anilines is 1. The van der Waals surface area contributed by atoms with Gasteiger partial charge < -0.3 is 10.2 Å². The quantitative estimate of drug-likeness (QED) is 0.272. The number of carbonyl (C=O) groups excluding carboxylic acids is 2. The molecule has 184 valence electrons. The molecule has 4 nitrogen and oxygen atoms in total. The van der Waals surface area contributed by atoms with Crippen molar-refractivity contribution in [2.75, 3.05) is 4.90 Å². The van der Waals surface area contributed by atoms with Crippen LogP contribution in [0.1, 0.15) is 27.0 Å². The lowest BCUT2D eigenvalue weighted by atomic mass is 10.1. The first-order valence-corrected chi connectivity index (χ1v) is 12.8. The lowest BCUT2D eigenvalue weighted by Gasteiger charge is -2.30. The summed E-state index contributed by atoms with van der Waals surface area (Å²) < 4.78 is 13.4. The van der Waals surface area contributed by atoms with Gasteiger partial charge in [-0.2, -0.15) is 0 Å². The van der Waals surface area contributed by atoms with Crippen LogP contribution in [0.25, 0.3) is 6.08 Å². The average Bonchev–Trinajstić information content (AvgIpc) is 2.92. The van der Waals surface area contributed by atoms with Crippen LogP contribution >= 0.6 is 23.4 Å². The van der Waals surface area contributed by atoms with Crippen molar-refractivity contribution in [3.05, 3.63) is 135 Å². The van der Waals surface area contributed by atoms with Crippen LogP contribution in [0.2, 0.25) is 5.02 Å². The molecule has 0 saturated heterocycles. The molecule has 1 aliphatic rings. The molecule has 0 spiro atoms. The summed E-state index contributed by atoms with van der Waals surface area (Å²) in [5.74, 6) is -0.650. The normalized spacial score (nSPS) is 13.9. The Morgan fingerprint density at radius 2 is 1.62 bits per heavy atom. The van der Waals surface area contributed by atoms with Crippen molar-refractivity contribution in [2.24, 2.45) is 0 Å². The number of amides is 2. The van der Waals surface area contributed by atoms with Gasteiger partial charge in [0.1, 0.15) is 5.82 Å². The Kier molecular flexibility index (Phi) is 7.40. The van der Waals surface area contributed by atoms with Crippen LogP contribution in [0.15, 0.2) is 107 Å². The third-order valence-electron chi connectivity index (χ3n) is 5.95. The van der Waals surface area contributed by atoms with Crippen molar-refractivity contribution in [3.63, 3.8) is 0 Å². The Balaban J connectivity index is 1.33. The Morgan fingerprint density at radius 1 is 0.919 bits per heavy atom. The monoisotopic (exact) mass is 528 g/mol. The number of nitrogens with one attached hydrogen (secondary N) is 1. The highest BCUT2D eigenvalue weighted by Crippen LogP contribution is 2.42.